The van der Waals surface area contributed by atoms with Crippen molar-refractivity contribution in [2.24, 2.45) is 0 Å². The molecule has 10 heteroatoms. The number of rotatable bonds is 7. The molecule has 0 spiro atoms. The number of alkyl halides is 3. The molecule has 0 atom stereocenters. The van der Waals surface area contributed by atoms with Gasteiger partial charge in [0.15, 0.2) is 4.34 Å². The topological polar surface area (TPSA) is 66.9 Å². The highest BCUT2D eigenvalue weighted by molar-refractivity contribution is 8.01. The van der Waals surface area contributed by atoms with Gasteiger partial charge in [-0.3, -0.25) is 4.79 Å². The molecule has 1 aromatic heterocycles. The molecule has 136 valence electrons. The molecule has 0 unspecified atom stereocenters. The Bertz CT molecular complexity index is 702. The molecule has 25 heavy (non-hydrogen) atoms. The van der Waals surface area contributed by atoms with E-state index in [2.05, 4.69) is 29.4 Å². The number of amides is 1. The minimum atomic E-state index is -4.41. The summed E-state index contributed by atoms with van der Waals surface area (Å²) in [5, 5.41) is 13.3. The van der Waals surface area contributed by atoms with Gasteiger partial charge in [-0.2, -0.15) is 13.2 Å². The summed E-state index contributed by atoms with van der Waals surface area (Å²) in [4.78, 5) is 11.4. The van der Waals surface area contributed by atoms with Crippen LogP contribution in [0.5, 0.6) is 0 Å². The van der Waals surface area contributed by atoms with Crippen LogP contribution in [0.4, 0.5) is 24.0 Å². The number of halogens is 3. The summed E-state index contributed by atoms with van der Waals surface area (Å²) in [6.07, 6.45) is -4.41. The van der Waals surface area contributed by atoms with E-state index in [-0.39, 0.29) is 5.75 Å². The lowest BCUT2D eigenvalue weighted by Gasteiger charge is -2.07. The smallest absolute Gasteiger partial charge is 0.346 e. The summed E-state index contributed by atoms with van der Waals surface area (Å²) in [7, 11) is 0. The van der Waals surface area contributed by atoms with Gasteiger partial charge < -0.3 is 10.6 Å². The SMILES string of the molecule is CC(C)c1ccc(Nc2nnc(SCC(=O)NCC(F)(F)F)s2)cc1. The number of anilines is 2. The summed E-state index contributed by atoms with van der Waals surface area (Å²) >= 11 is 2.27. The molecule has 0 aliphatic heterocycles. The van der Waals surface area contributed by atoms with Gasteiger partial charge >= 0.3 is 6.18 Å². The number of carbonyl (C=O) groups is 1. The van der Waals surface area contributed by atoms with Crippen molar-refractivity contribution in [3.8, 4) is 0 Å². The van der Waals surface area contributed by atoms with Crippen LogP contribution in [-0.2, 0) is 4.79 Å². The van der Waals surface area contributed by atoms with Gasteiger partial charge in [-0.15, -0.1) is 10.2 Å². The van der Waals surface area contributed by atoms with E-state index in [1.807, 2.05) is 29.6 Å². The molecule has 5 nitrogen and oxygen atoms in total. The molecule has 0 aliphatic carbocycles. The normalized spacial score (nSPS) is 11.6. The van der Waals surface area contributed by atoms with Crippen molar-refractivity contribution in [2.45, 2.75) is 30.3 Å². The fourth-order valence-corrected chi connectivity index (χ4v) is 3.37. The van der Waals surface area contributed by atoms with E-state index >= 15 is 0 Å². The zero-order valence-electron chi connectivity index (χ0n) is 13.6. The number of benzene rings is 1. The van der Waals surface area contributed by atoms with Crippen molar-refractivity contribution >= 4 is 39.8 Å². The van der Waals surface area contributed by atoms with E-state index < -0.39 is 18.6 Å². The van der Waals surface area contributed by atoms with Crippen LogP contribution in [0.3, 0.4) is 0 Å². The highest BCUT2D eigenvalue weighted by Gasteiger charge is 2.27. The summed E-state index contributed by atoms with van der Waals surface area (Å²) in [6.45, 7) is 2.89. The lowest BCUT2D eigenvalue weighted by atomic mass is 10.0. The molecule has 0 aliphatic rings. The highest BCUT2D eigenvalue weighted by Crippen LogP contribution is 2.28. The third-order valence-electron chi connectivity index (χ3n) is 3.05. The molecule has 0 bridgehead atoms. The van der Waals surface area contributed by atoms with Gasteiger partial charge in [-0.25, -0.2) is 0 Å². The second kappa shape index (κ2) is 8.52. The first kappa shape index (κ1) is 19.5. The van der Waals surface area contributed by atoms with E-state index in [1.54, 1.807) is 0 Å². The Kier molecular flexibility index (Phi) is 6.65. The van der Waals surface area contributed by atoms with Crippen molar-refractivity contribution in [2.75, 3.05) is 17.6 Å². The zero-order chi connectivity index (χ0) is 18.4. The average Bonchev–Trinajstić information content (AvgIpc) is 2.98. The monoisotopic (exact) mass is 390 g/mol. The van der Waals surface area contributed by atoms with E-state index in [0.29, 0.717) is 15.4 Å². The molecular formula is C15H17F3N4OS2. The zero-order valence-corrected chi connectivity index (χ0v) is 15.2. The summed E-state index contributed by atoms with van der Waals surface area (Å²) in [6, 6.07) is 7.92. The van der Waals surface area contributed by atoms with E-state index in [0.717, 1.165) is 17.4 Å². The lowest BCUT2D eigenvalue weighted by Crippen LogP contribution is -2.34. The Labute approximate surface area is 151 Å². The molecule has 2 aromatic rings. The molecule has 1 heterocycles. The van der Waals surface area contributed by atoms with Crippen molar-refractivity contribution in [1.82, 2.24) is 15.5 Å². The first-order valence-electron chi connectivity index (χ1n) is 7.39. The largest absolute Gasteiger partial charge is 0.405 e. The number of nitrogens with one attached hydrogen (secondary N) is 2. The number of hydrogen-bond acceptors (Lipinski definition) is 6. The third-order valence-corrected chi connectivity index (χ3v) is 5.02. The summed E-state index contributed by atoms with van der Waals surface area (Å²) in [5.41, 5.74) is 2.09. The van der Waals surface area contributed by atoms with Crippen LogP contribution in [0.1, 0.15) is 25.3 Å². The molecule has 2 N–H and O–H groups in total. The molecule has 1 aromatic carbocycles. The van der Waals surface area contributed by atoms with E-state index in [9.17, 15) is 18.0 Å². The number of carbonyl (C=O) groups excluding carboxylic acids is 1. The van der Waals surface area contributed by atoms with Crippen molar-refractivity contribution < 1.29 is 18.0 Å². The predicted molar refractivity (Wildman–Crippen MR) is 93.5 cm³/mol. The Morgan fingerprint density at radius 3 is 2.52 bits per heavy atom. The Morgan fingerprint density at radius 1 is 1.24 bits per heavy atom. The van der Waals surface area contributed by atoms with E-state index in [1.165, 1.54) is 16.9 Å². The van der Waals surface area contributed by atoms with Crippen molar-refractivity contribution in [3.63, 3.8) is 0 Å². The van der Waals surface area contributed by atoms with E-state index in [4.69, 9.17) is 0 Å². The first-order chi connectivity index (χ1) is 11.7. The van der Waals surface area contributed by atoms with Gasteiger partial charge in [0.05, 0.1) is 5.75 Å². The fraction of sp³-hybridized carbons (Fsp3) is 0.400. The fourth-order valence-electron chi connectivity index (χ4n) is 1.77. The number of nitrogens with zero attached hydrogens (tertiary/aromatic N) is 2. The maximum Gasteiger partial charge on any atom is 0.405 e. The Balaban J connectivity index is 1.82. The minimum absolute atomic E-state index is 0.145. The molecule has 0 saturated heterocycles. The summed E-state index contributed by atoms with van der Waals surface area (Å²) in [5.74, 6) is -0.397. The molecular weight excluding hydrogens is 373 g/mol. The van der Waals surface area contributed by atoms with Gasteiger partial charge in [0.1, 0.15) is 6.54 Å². The first-order valence-corrected chi connectivity index (χ1v) is 9.20. The Morgan fingerprint density at radius 2 is 1.92 bits per heavy atom. The lowest BCUT2D eigenvalue weighted by molar-refractivity contribution is -0.136. The standard InChI is InChI=1S/C15H17F3N4OS2/c1-9(2)10-3-5-11(6-4-10)20-13-21-22-14(25-13)24-7-12(23)19-8-15(16,17)18/h3-6,9H,7-8H2,1-2H3,(H,19,23)(H,20,21). The maximum atomic E-state index is 12.0. The predicted octanol–water partition coefficient (Wildman–Crippen LogP) is 4.18. The van der Waals surface area contributed by atoms with Crippen molar-refractivity contribution in [3.05, 3.63) is 29.8 Å². The van der Waals surface area contributed by atoms with Crippen LogP contribution in [0.2, 0.25) is 0 Å². The second-order valence-corrected chi connectivity index (χ2v) is 7.66. The van der Waals surface area contributed by atoms with Crippen molar-refractivity contribution in [1.29, 1.82) is 0 Å². The average molecular weight is 390 g/mol. The van der Waals surface area contributed by atoms with Crippen LogP contribution in [0, 0.1) is 0 Å². The molecule has 0 saturated carbocycles. The van der Waals surface area contributed by atoms with Crippen LogP contribution >= 0.6 is 23.1 Å². The van der Waals surface area contributed by atoms with Gasteiger partial charge in [-0.1, -0.05) is 49.1 Å². The summed E-state index contributed by atoms with van der Waals surface area (Å²) < 4.78 is 36.5. The number of aromatic nitrogens is 2. The molecule has 2 rings (SSSR count). The number of thioether (sulfide) groups is 1. The molecule has 0 fully saturated rings. The van der Waals surface area contributed by atoms with Gasteiger partial charge in [0.2, 0.25) is 11.0 Å². The molecule has 0 radical (unpaired) electrons. The Hall–Kier alpha value is -1.81. The van der Waals surface area contributed by atoms with Crippen LogP contribution in [0.15, 0.2) is 28.6 Å². The van der Waals surface area contributed by atoms with Crippen LogP contribution in [-0.4, -0.2) is 34.6 Å². The second-order valence-electron chi connectivity index (χ2n) is 5.46. The van der Waals surface area contributed by atoms with Gasteiger partial charge in [0, 0.05) is 5.69 Å². The number of hydrogen-bond donors (Lipinski definition) is 2. The minimum Gasteiger partial charge on any atom is -0.346 e. The molecule has 1 amide bonds. The van der Waals surface area contributed by atoms with Gasteiger partial charge in [0.25, 0.3) is 0 Å². The highest BCUT2D eigenvalue weighted by atomic mass is 32.2. The maximum absolute atomic E-state index is 12.0. The van der Waals surface area contributed by atoms with Crippen LogP contribution in [0.25, 0.3) is 0 Å². The van der Waals surface area contributed by atoms with Gasteiger partial charge in [-0.05, 0) is 23.6 Å². The third kappa shape index (κ3) is 6.91. The quantitative estimate of drug-likeness (QED) is 0.695. The van der Waals surface area contributed by atoms with Crippen LogP contribution < -0.4 is 10.6 Å².